The molecule has 0 aliphatic rings. The van der Waals surface area contributed by atoms with Crippen molar-refractivity contribution in [2.24, 2.45) is 11.8 Å². The minimum absolute atomic E-state index is 0.241. The Bertz CT molecular complexity index is 105. The van der Waals surface area contributed by atoms with Crippen LogP contribution in [0.1, 0.15) is 34.1 Å². The molecule has 0 aromatic rings. The predicted octanol–water partition coefficient (Wildman–Crippen LogP) is 2.46. The average Bonchev–Trinajstić information content (AvgIpc) is 1.88. The molecule has 0 spiro atoms. The molecule has 0 aliphatic carbocycles. The molecule has 1 atom stereocenters. The third kappa shape index (κ3) is 2.51. The van der Waals surface area contributed by atoms with E-state index >= 15 is 0 Å². The fourth-order valence-electron chi connectivity index (χ4n) is 1.22. The molecule has 0 bridgehead atoms. The molecule has 0 heterocycles. The molecule has 1 unspecified atom stereocenters. The highest BCUT2D eigenvalue weighted by Gasteiger charge is 2.17. The van der Waals surface area contributed by atoms with Crippen LogP contribution in [-0.4, -0.2) is 5.78 Å². The van der Waals surface area contributed by atoms with Crippen LogP contribution in [0.4, 0.5) is 0 Å². The van der Waals surface area contributed by atoms with Crippen LogP contribution in [0, 0.1) is 18.3 Å². The van der Waals surface area contributed by atoms with Crippen LogP contribution in [0.25, 0.3) is 0 Å². The van der Waals surface area contributed by atoms with Gasteiger partial charge in [-0.2, -0.15) is 0 Å². The van der Waals surface area contributed by atoms with Crippen molar-refractivity contribution in [3.05, 3.63) is 6.42 Å². The van der Waals surface area contributed by atoms with Gasteiger partial charge in [0, 0.05) is 12.3 Å². The number of carbonyl (C=O) groups excluding carboxylic acids is 1. The Morgan fingerprint density at radius 1 is 1.50 bits per heavy atom. The molecule has 1 radical (unpaired) electrons. The maximum atomic E-state index is 11.1. The Labute approximate surface area is 63.8 Å². The third-order valence-electron chi connectivity index (χ3n) is 1.89. The number of ketones is 1. The number of hydrogen-bond acceptors (Lipinski definition) is 1. The molecule has 0 rings (SSSR count). The Balaban J connectivity index is 3.93. The van der Waals surface area contributed by atoms with E-state index in [2.05, 4.69) is 20.8 Å². The summed E-state index contributed by atoms with van der Waals surface area (Å²) in [7, 11) is 0. The first kappa shape index (κ1) is 9.67. The molecular formula is C9H17O. The fraction of sp³-hybridized carbons (Fsp3) is 0.778. The highest BCUT2D eigenvalue weighted by molar-refractivity contribution is 5.88. The van der Waals surface area contributed by atoms with Crippen molar-refractivity contribution in [1.82, 2.24) is 0 Å². The first-order valence-corrected chi connectivity index (χ1v) is 3.96. The highest BCUT2D eigenvalue weighted by atomic mass is 16.1. The van der Waals surface area contributed by atoms with Gasteiger partial charge in [-0.25, -0.2) is 0 Å². The molecule has 10 heavy (non-hydrogen) atoms. The highest BCUT2D eigenvalue weighted by Crippen LogP contribution is 2.16. The minimum atomic E-state index is 0.241. The SMILES string of the molecule is C[CH]C(=O)C(CC)C(C)C. The molecule has 0 aromatic heterocycles. The van der Waals surface area contributed by atoms with E-state index < -0.39 is 0 Å². The summed E-state index contributed by atoms with van der Waals surface area (Å²) in [5.74, 6) is 1.01. The summed E-state index contributed by atoms with van der Waals surface area (Å²) in [4.78, 5) is 11.1. The van der Waals surface area contributed by atoms with E-state index in [1.807, 2.05) is 6.92 Å². The van der Waals surface area contributed by atoms with Gasteiger partial charge < -0.3 is 0 Å². The summed E-state index contributed by atoms with van der Waals surface area (Å²) in [6.07, 6.45) is 2.63. The first-order valence-electron chi connectivity index (χ1n) is 3.96. The van der Waals surface area contributed by atoms with E-state index in [0.717, 1.165) is 6.42 Å². The van der Waals surface area contributed by atoms with Crippen LogP contribution >= 0.6 is 0 Å². The van der Waals surface area contributed by atoms with E-state index in [0.29, 0.717) is 5.92 Å². The van der Waals surface area contributed by atoms with Gasteiger partial charge in [0.25, 0.3) is 0 Å². The summed E-state index contributed by atoms with van der Waals surface area (Å²) in [6.45, 7) is 8.06. The minimum Gasteiger partial charge on any atom is -0.299 e. The molecule has 0 amide bonds. The van der Waals surface area contributed by atoms with Crippen molar-refractivity contribution in [3.8, 4) is 0 Å². The van der Waals surface area contributed by atoms with E-state index in [4.69, 9.17) is 0 Å². The summed E-state index contributed by atoms with van der Waals surface area (Å²) in [6, 6.07) is 0. The van der Waals surface area contributed by atoms with Gasteiger partial charge in [-0.3, -0.25) is 4.79 Å². The summed E-state index contributed by atoms with van der Waals surface area (Å²) in [5, 5.41) is 0. The lowest BCUT2D eigenvalue weighted by atomic mass is 9.88. The monoisotopic (exact) mass is 141 g/mol. The molecule has 0 N–H and O–H groups in total. The van der Waals surface area contributed by atoms with Crippen molar-refractivity contribution in [3.63, 3.8) is 0 Å². The maximum Gasteiger partial charge on any atom is 0.139 e. The fourth-order valence-corrected chi connectivity index (χ4v) is 1.22. The van der Waals surface area contributed by atoms with Crippen LogP contribution in [0.2, 0.25) is 0 Å². The summed E-state index contributed by atoms with van der Waals surface area (Å²) in [5.41, 5.74) is 0. The van der Waals surface area contributed by atoms with Gasteiger partial charge in [-0.1, -0.05) is 27.7 Å². The Morgan fingerprint density at radius 3 is 2.10 bits per heavy atom. The third-order valence-corrected chi connectivity index (χ3v) is 1.89. The van der Waals surface area contributed by atoms with Crippen molar-refractivity contribution < 1.29 is 4.79 Å². The van der Waals surface area contributed by atoms with Gasteiger partial charge >= 0.3 is 0 Å². The van der Waals surface area contributed by atoms with Gasteiger partial charge in [0.2, 0.25) is 0 Å². The zero-order chi connectivity index (χ0) is 8.15. The zero-order valence-corrected chi connectivity index (χ0v) is 7.35. The average molecular weight is 141 g/mol. The molecule has 1 heteroatoms. The summed E-state index contributed by atoms with van der Waals surface area (Å²) >= 11 is 0. The maximum absolute atomic E-state index is 11.1. The second-order valence-electron chi connectivity index (χ2n) is 2.95. The van der Waals surface area contributed by atoms with Gasteiger partial charge in [0.05, 0.1) is 0 Å². The van der Waals surface area contributed by atoms with Crippen LogP contribution in [0.3, 0.4) is 0 Å². The van der Waals surface area contributed by atoms with Gasteiger partial charge in [0.15, 0.2) is 0 Å². The van der Waals surface area contributed by atoms with Crippen LogP contribution < -0.4 is 0 Å². The summed E-state index contributed by atoms with van der Waals surface area (Å²) < 4.78 is 0. The normalized spacial score (nSPS) is 13.7. The van der Waals surface area contributed by atoms with Crippen molar-refractivity contribution in [2.75, 3.05) is 0 Å². The van der Waals surface area contributed by atoms with E-state index in [1.165, 1.54) is 0 Å². The zero-order valence-electron chi connectivity index (χ0n) is 7.35. The van der Waals surface area contributed by atoms with Crippen LogP contribution in [-0.2, 0) is 4.79 Å². The number of rotatable bonds is 4. The quantitative estimate of drug-likeness (QED) is 0.587. The van der Waals surface area contributed by atoms with Crippen molar-refractivity contribution in [1.29, 1.82) is 0 Å². The van der Waals surface area contributed by atoms with Crippen molar-refractivity contribution in [2.45, 2.75) is 34.1 Å². The predicted molar refractivity (Wildman–Crippen MR) is 43.6 cm³/mol. The van der Waals surface area contributed by atoms with Crippen LogP contribution in [0.5, 0.6) is 0 Å². The first-order chi connectivity index (χ1) is 4.63. The molecule has 0 aromatic carbocycles. The molecule has 1 nitrogen and oxygen atoms in total. The molecule has 0 saturated carbocycles. The van der Waals surface area contributed by atoms with Crippen molar-refractivity contribution >= 4 is 5.78 Å². The Hall–Kier alpha value is -0.330. The lowest BCUT2D eigenvalue weighted by Gasteiger charge is -2.15. The number of hydrogen-bond donors (Lipinski definition) is 0. The molecule has 59 valence electrons. The Kier molecular flexibility index (Phi) is 4.33. The van der Waals surface area contributed by atoms with Crippen LogP contribution in [0.15, 0.2) is 0 Å². The van der Waals surface area contributed by atoms with Gasteiger partial charge in [0.1, 0.15) is 5.78 Å². The second-order valence-corrected chi connectivity index (χ2v) is 2.95. The number of carbonyl (C=O) groups is 1. The smallest absolute Gasteiger partial charge is 0.139 e. The molecule has 0 saturated heterocycles. The van der Waals surface area contributed by atoms with E-state index in [-0.39, 0.29) is 11.7 Å². The molecular weight excluding hydrogens is 124 g/mol. The lowest BCUT2D eigenvalue weighted by molar-refractivity contribution is -0.120. The van der Waals surface area contributed by atoms with Gasteiger partial charge in [-0.15, -0.1) is 0 Å². The Morgan fingerprint density at radius 2 is 2.00 bits per heavy atom. The lowest BCUT2D eigenvalue weighted by Crippen LogP contribution is -2.18. The largest absolute Gasteiger partial charge is 0.299 e. The van der Waals surface area contributed by atoms with E-state index in [9.17, 15) is 4.79 Å². The topological polar surface area (TPSA) is 17.1 Å². The standard InChI is InChI=1S/C9H17O/c1-5-8(7(3)4)9(10)6-2/h6-8H,5H2,1-4H3. The van der Waals surface area contributed by atoms with Gasteiger partial charge in [-0.05, 0) is 12.3 Å². The molecule has 0 aliphatic heterocycles. The second kappa shape index (κ2) is 4.48. The number of Topliss-reactive ketones (excluding diaryl/α,β-unsaturated/α-hetero) is 1. The molecule has 0 fully saturated rings. The van der Waals surface area contributed by atoms with E-state index in [1.54, 1.807) is 6.42 Å².